The molecule has 0 fully saturated rings. The third-order valence-electron chi connectivity index (χ3n) is 2.82. The van der Waals surface area contributed by atoms with Crippen molar-refractivity contribution in [1.29, 1.82) is 0 Å². The van der Waals surface area contributed by atoms with Gasteiger partial charge in [0.25, 0.3) is 0 Å². The monoisotopic (exact) mass is 272 g/mol. The quantitative estimate of drug-likeness (QED) is 0.610. The summed E-state index contributed by atoms with van der Waals surface area (Å²) in [5.41, 5.74) is 0.552. The van der Waals surface area contributed by atoms with Crippen molar-refractivity contribution in [2.45, 2.75) is 39.0 Å². The highest BCUT2D eigenvalue weighted by molar-refractivity contribution is 7.99. The van der Waals surface area contributed by atoms with Crippen LogP contribution in [0.15, 0.2) is 0 Å². The number of thioether (sulfide) groups is 1. The standard InChI is InChI=1S/C11H20N4O2S/c1-5-14-11(12-7-6-8(2)18-4)10(15(16)17)9(3)13-14/h8,12H,5-7H2,1-4H3. The Kier molecular flexibility index (Phi) is 5.46. The van der Waals surface area contributed by atoms with Crippen LogP contribution >= 0.6 is 11.8 Å². The topological polar surface area (TPSA) is 73.0 Å². The van der Waals surface area contributed by atoms with E-state index >= 15 is 0 Å². The summed E-state index contributed by atoms with van der Waals surface area (Å²) in [7, 11) is 0. The molecule has 1 heterocycles. The van der Waals surface area contributed by atoms with Gasteiger partial charge in [-0.1, -0.05) is 6.92 Å². The molecule has 1 atom stereocenters. The van der Waals surface area contributed by atoms with Crippen LogP contribution in [0.2, 0.25) is 0 Å². The van der Waals surface area contributed by atoms with Gasteiger partial charge >= 0.3 is 5.69 Å². The van der Waals surface area contributed by atoms with Crippen LogP contribution in [0.1, 0.15) is 26.0 Å². The minimum absolute atomic E-state index is 0.0913. The van der Waals surface area contributed by atoms with Crippen LogP contribution in [0.3, 0.4) is 0 Å². The molecule has 102 valence electrons. The minimum Gasteiger partial charge on any atom is -0.364 e. The van der Waals surface area contributed by atoms with Crippen molar-refractivity contribution < 1.29 is 4.92 Å². The number of nitro groups is 1. The van der Waals surface area contributed by atoms with Crippen LogP contribution < -0.4 is 5.32 Å². The van der Waals surface area contributed by atoms with Gasteiger partial charge in [-0.25, -0.2) is 4.68 Å². The lowest BCUT2D eigenvalue weighted by molar-refractivity contribution is -0.384. The van der Waals surface area contributed by atoms with Crippen molar-refractivity contribution in [1.82, 2.24) is 9.78 Å². The molecule has 0 amide bonds. The Labute approximate surface area is 111 Å². The molecule has 7 heteroatoms. The number of rotatable bonds is 7. The molecule has 0 saturated heterocycles. The molecule has 0 radical (unpaired) electrons. The van der Waals surface area contributed by atoms with E-state index < -0.39 is 0 Å². The molecular weight excluding hydrogens is 252 g/mol. The smallest absolute Gasteiger partial charge is 0.333 e. The van der Waals surface area contributed by atoms with Crippen LogP contribution in [0.25, 0.3) is 0 Å². The van der Waals surface area contributed by atoms with E-state index in [4.69, 9.17) is 0 Å². The van der Waals surface area contributed by atoms with E-state index in [9.17, 15) is 10.1 Å². The first-order valence-electron chi connectivity index (χ1n) is 5.99. The van der Waals surface area contributed by atoms with E-state index in [1.807, 2.05) is 6.92 Å². The molecule has 18 heavy (non-hydrogen) atoms. The molecule has 1 aromatic heterocycles. The molecule has 1 rings (SSSR count). The fraction of sp³-hybridized carbons (Fsp3) is 0.727. The summed E-state index contributed by atoms with van der Waals surface area (Å²) in [4.78, 5) is 10.7. The van der Waals surface area contributed by atoms with E-state index in [-0.39, 0.29) is 10.6 Å². The van der Waals surface area contributed by atoms with Crippen LogP contribution in [-0.4, -0.2) is 32.8 Å². The molecule has 0 aliphatic carbocycles. The summed E-state index contributed by atoms with van der Waals surface area (Å²) in [5, 5.41) is 18.9. The predicted octanol–water partition coefficient (Wildman–Crippen LogP) is 2.67. The van der Waals surface area contributed by atoms with Gasteiger partial charge in [-0.2, -0.15) is 16.9 Å². The minimum atomic E-state index is -0.366. The number of nitrogens with zero attached hydrogens (tertiary/aromatic N) is 3. The number of aromatic nitrogens is 2. The van der Waals surface area contributed by atoms with Gasteiger partial charge in [-0.05, 0) is 26.5 Å². The van der Waals surface area contributed by atoms with Crippen LogP contribution in [0.4, 0.5) is 11.5 Å². The van der Waals surface area contributed by atoms with E-state index in [1.54, 1.807) is 23.4 Å². The van der Waals surface area contributed by atoms with Crippen molar-refractivity contribution in [3.63, 3.8) is 0 Å². The van der Waals surface area contributed by atoms with Crippen molar-refractivity contribution >= 4 is 23.3 Å². The molecule has 0 spiro atoms. The number of hydrogen-bond acceptors (Lipinski definition) is 5. The Hall–Kier alpha value is -1.24. The third kappa shape index (κ3) is 3.38. The van der Waals surface area contributed by atoms with Gasteiger partial charge in [-0.15, -0.1) is 0 Å². The maximum atomic E-state index is 11.0. The molecule has 0 saturated carbocycles. The Morgan fingerprint density at radius 1 is 1.61 bits per heavy atom. The normalized spacial score (nSPS) is 12.4. The second kappa shape index (κ2) is 6.63. The van der Waals surface area contributed by atoms with Crippen molar-refractivity contribution in [3.8, 4) is 0 Å². The van der Waals surface area contributed by atoms with Crippen molar-refractivity contribution in [2.75, 3.05) is 18.1 Å². The molecule has 0 bridgehead atoms. The van der Waals surface area contributed by atoms with Gasteiger partial charge < -0.3 is 5.32 Å². The first-order valence-corrected chi connectivity index (χ1v) is 7.28. The highest BCUT2D eigenvalue weighted by atomic mass is 32.2. The molecule has 1 unspecified atom stereocenters. The first kappa shape index (κ1) is 14.8. The molecule has 0 aromatic carbocycles. The second-order valence-electron chi connectivity index (χ2n) is 4.12. The lowest BCUT2D eigenvalue weighted by atomic mass is 10.3. The summed E-state index contributed by atoms with van der Waals surface area (Å²) in [6, 6.07) is 0. The summed E-state index contributed by atoms with van der Waals surface area (Å²) in [6.45, 7) is 7.07. The molecule has 0 aliphatic heterocycles. The largest absolute Gasteiger partial charge is 0.364 e. The fourth-order valence-electron chi connectivity index (χ4n) is 1.71. The Morgan fingerprint density at radius 2 is 2.28 bits per heavy atom. The second-order valence-corrected chi connectivity index (χ2v) is 5.39. The Balaban J connectivity index is 2.82. The zero-order valence-corrected chi connectivity index (χ0v) is 12.1. The molecule has 1 aromatic rings. The summed E-state index contributed by atoms with van der Waals surface area (Å²) in [5.74, 6) is 0.522. The van der Waals surface area contributed by atoms with E-state index in [2.05, 4.69) is 23.6 Å². The van der Waals surface area contributed by atoms with Gasteiger partial charge in [0.2, 0.25) is 5.82 Å². The third-order valence-corrected chi connectivity index (χ3v) is 3.86. The lowest BCUT2D eigenvalue weighted by Crippen LogP contribution is -2.12. The van der Waals surface area contributed by atoms with Gasteiger partial charge in [0.1, 0.15) is 5.69 Å². The van der Waals surface area contributed by atoms with E-state index in [1.165, 1.54) is 0 Å². The molecular formula is C11H20N4O2S. The van der Waals surface area contributed by atoms with Crippen LogP contribution in [0.5, 0.6) is 0 Å². The van der Waals surface area contributed by atoms with Crippen molar-refractivity contribution in [3.05, 3.63) is 15.8 Å². The van der Waals surface area contributed by atoms with Crippen LogP contribution in [0, 0.1) is 17.0 Å². The Bertz CT molecular complexity index is 419. The summed E-state index contributed by atoms with van der Waals surface area (Å²) in [6.07, 6.45) is 3.03. The number of aryl methyl sites for hydroxylation is 2. The molecule has 6 nitrogen and oxygen atoms in total. The number of nitrogens with one attached hydrogen (secondary N) is 1. The van der Waals surface area contributed by atoms with Crippen molar-refractivity contribution in [2.24, 2.45) is 0 Å². The predicted molar refractivity (Wildman–Crippen MR) is 75.4 cm³/mol. The van der Waals surface area contributed by atoms with Gasteiger partial charge in [0.15, 0.2) is 0 Å². The fourth-order valence-corrected chi connectivity index (χ4v) is 2.06. The zero-order valence-electron chi connectivity index (χ0n) is 11.3. The number of hydrogen-bond donors (Lipinski definition) is 1. The average Bonchev–Trinajstić information content (AvgIpc) is 2.65. The highest BCUT2D eigenvalue weighted by Gasteiger charge is 2.24. The van der Waals surface area contributed by atoms with Gasteiger partial charge in [0, 0.05) is 18.3 Å². The average molecular weight is 272 g/mol. The lowest BCUT2D eigenvalue weighted by Gasteiger charge is -2.10. The molecule has 1 N–H and O–H groups in total. The summed E-state index contributed by atoms with van der Waals surface area (Å²) >= 11 is 1.79. The Morgan fingerprint density at radius 3 is 2.78 bits per heavy atom. The van der Waals surface area contributed by atoms with E-state index in [0.717, 1.165) is 6.42 Å². The van der Waals surface area contributed by atoms with Gasteiger partial charge in [-0.3, -0.25) is 10.1 Å². The maximum absolute atomic E-state index is 11.0. The first-order chi connectivity index (χ1) is 8.51. The number of anilines is 1. The molecule has 0 aliphatic rings. The maximum Gasteiger partial charge on any atom is 0.333 e. The summed E-state index contributed by atoms with van der Waals surface area (Å²) < 4.78 is 1.65. The highest BCUT2D eigenvalue weighted by Crippen LogP contribution is 2.28. The van der Waals surface area contributed by atoms with Crippen LogP contribution in [-0.2, 0) is 6.54 Å². The van der Waals surface area contributed by atoms with E-state index in [0.29, 0.717) is 29.9 Å². The van der Waals surface area contributed by atoms with Gasteiger partial charge in [0.05, 0.1) is 4.92 Å². The zero-order chi connectivity index (χ0) is 13.7. The SMILES string of the molecule is CCn1nc(C)c([N+](=O)[O-])c1NCCC(C)SC.